The van der Waals surface area contributed by atoms with Crippen molar-refractivity contribution in [1.29, 1.82) is 0 Å². The van der Waals surface area contributed by atoms with Crippen molar-refractivity contribution >= 4 is 34.1 Å². The van der Waals surface area contributed by atoms with Crippen molar-refractivity contribution in [1.82, 2.24) is 24.8 Å². The van der Waals surface area contributed by atoms with Gasteiger partial charge in [-0.2, -0.15) is 0 Å². The molecule has 0 spiro atoms. The fourth-order valence-corrected chi connectivity index (χ4v) is 5.51. The van der Waals surface area contributed by atoms with Gasteiger partial charge in [0.05, 0.1) is 40.6 Å². The van der Waals surface area contributed by atoms with Crippen molar-refractivity contribution in [3.63, 3.8) is 0 Å². The average molecular weight is 498 g/mol. The summed E-state index contributed by atoms with van der Waals surface area (Å²) in [6.07, 6.45) is 9.38. The van der Waals surface area contributed by atoms with E-state index in [2.05, 4.69) is 25.5 Å². The summed E-state index contributed by atoms with van der Waals surface area (Å²) < 4.78 is 1.97. The molecule has 9 heteroatoms. The van der Waals surface area contributed by atoms with Crippen molar-refractivity contribution in [2.75, 3.05) is 23.3 Å². The molecule has 4 aromatic heterocycles. The summed E-state index contributed by atoms with van der Waals surface area (Å²) in [5.74, 6) is 0.745. The number of anilines is 3. The second kappa shape index (κ2) is 8.85. The molecule has 0 aromatic carbocycles. The number of hydrogen-bond acceptors (Lipinski definition) is 7. The summed E-state index contributed by atoms with van der Waals surface area (Å²) in [6.45, 7) is 5.95. The molecule has 190 valence electrons. The molecular weight excluding hydrogens is 466 g/mol. The molecule has 6 heterocycles. The second-order valence-corrected chi connectivity index (χ2v) is 10.5. The summed E-state index contributed by atoms with van der Waals surface area (Å²) in [4.78, 5) is 29.0. The maximum Gasteiger partial charge on any atom is 0.254 e. The van der Waals surface area contributed by atoms with E-state index in [4.69, 9.17) is 4.98 Å². The van der Waals surface area contributed by atoms with E-state index < -0.39 is 5.60 Å². The zero-order valence-corrected chi connectivity index (χ0v) is 21.3. The second-order valence-electron chi connectivity index (χ2n) is 10.5. The maximum atomic E-state index is 12.9. The zero-order valence-electron chi connectivity index (χ0n) is 21.3. The Morgan fingerprint density at radius 2 is 2.00 bits per heavy atom. The van der Waals surface area contributed by atoms with Crippen molar-refractivity contribution in [3.8, 4) is 11.3 Å². The number of aliphatic hydroxyl groups is 1. The van der Waals surface area contributed by atoms with Crippen LogP contribution in [0.3, 0.4) is 0 Å². The third-order valence-corrected chi connectivity index (χ3v) is 7.65. The van der Waals surface area contributed by atoms with Gasteiger partial charge in [-0.05, 0) is 51.0 Å². The Kier molecular flexibility index (Phi) is 5.60. The van der Waals surface area contributed by atoms with Gasteiger partial charge in [-0.15, -0.1) is 0 Å². The number of amides is 1. The Morgan fingerprint density at radius 1 is 1.14 bits per heavy atom. The first kappa shape index (κ1) is 23.4. The fourth-order valence-electron chi connectivity index (χ4n) is 5.51. The Morgan fingerprint density at radius 3 is 2.78 bits per heavy atom. The number of aryl methyl sites for hydroxylation is 1. The summed E-state index contributed by atoms with van der Waals surface area (Å²) in [5, 5.41) is 17.7. The molecule has 1 amide bonds. The van der Waals surface area contributed by atoms with Crippen LogP contribution in [0.5, 0.6) is 0 Å². The number of carbonyl (C=O) groups is 1. The summed E-state index contributed by atoms with van der Waals surface area (Å²) in [5.41, 5.74) is 5.05. The third-order valence-electron chi connectivity index (χ3n) is 7.65. The van der Waals surface area contributed by atoms with Gasteiger partial charge in [0.25, 0.3) is 5.91 Å². The van der Waals surface area contributed by atoms with Gasteiger partial charge < -0.3 is 25.2 Å². The number of rotatable bonds is 5. The molecule has 1 saturated heterocycles. The molecule has 0 aliphatic carbocycles. The molecule has 1 unspecified atom stereocenters. The average Bonchev–Trinajstić information content (AvgIpc) is 3.47. The van der Waals surface area contributed by atoms with Crippen LogP contribution in [0, 0.1) is 5.92 Å². The molecule has 1 fully saturated rings. The number of fused-ring (bicyclic) bond motifs is 2. The highest BCUT2D eigenvalue weighted by molar-refractivity contribution is 6.06. The molecule has 3 N–H and O–H groups in total. The van der Waals surface area contributed by atoms with Crippen molar-refractivity contribution in [3.05, 3.63) is 60.2 Å². The van der Waals surface area contributed by atoms with E-state index in [0.717, 1.165) is 59.5 Å². The topological polar surface area (TPSA) is 108 Å². The first-order valence-electron chi connectivity index (χ1n) is 12.7. The van der Waals surface area contributed by atoms with Gasteiger partial charge in [-0.3, -0.25) is 9.78 Å². The lowest BCUT2D eigenvalue weighted by Gasteiger charge is -2.39. The normalized spacial score (nSPS) is 17.7. The monoisotopic (exact) mass is 497 g/mol. The quantitative estimate of drug-likeness (QED) is 0.382. The number of aromatic nitrogens is 4. The largest absolute Gasteiger partial charge is 0.390 e. The number of hydrogen-bond donors (Lipinski definition) is 3. The Hall–Kier alpha value is -3.98. The number of piperidine rings is 1. The van der Waals surface area contributed by atoms with Crippen LogP contribution in [0.4, 0.5) is 17.2 Å². The van der Waals surface area contributed by atoms with Crippen molar-refractivity contribution < 1.29 is 9.90 Å². The highest BCUT2D eigenvalue weighted by Crippen LogP contribution is 2.36. The van der Waals surface area contributed by atoms with Crippen molar-refractivity contribution in [2.24, 2.45) is 13.0 Å². The van der Waals surface area contributed by atoms with E-state index in [1.165, 1.54) is 0 Å². The molecule has 2 aliphatic heterocycles. The lowest BCUT2D eigenvalue weighted by Crippen LogP contribution is -2.44. The SMILES string of the molecule is Cn1ccc2c(-c3ncc(Nc4ccc(N5CCCC(C(C)(C)O)C5)cn4)c4c3CNC4=O)ccnc21. The number of nitrogens with zero attached hydrogens (tertiary/aromatic N) is 5. The highest BCUT2D eigenvalue weighted by atomic mass is 16.3. The van der Waals surface area contributed by atoms with Crippen LogP contribution in [0.25, 0.3) is 22.3 Å². The maximum absolute atomic E-state index is 12.9. The lowest BCUT2D eigenvalue weighted by atomic mass is 9.84. The standard InChI is InChI=1S/C28H31N7O2/c1-28(2,37)17-5-4-11-35(16-17)18-6-7-23(30-13-18)33-22-15-31-25(21-14-32-27(36)24(21)22)19-8-10-29-26-20(19)9-12-34(26)3/h6-10,12-13,15,17,37H,4-5,11,14,16H2,1-3H3,(H,30,33)(H,32,36). The first-order chi connectivity index (χ1) is 17.8. The molecule has 0 radical (unpaired) electrons. The van der Waals surface area contributed by atoms with Gasteiger partial charge in [0.2, 0.25) is 0 Å². The summed E-state index contributed by atoms with van der Waals surface area (Å²) in [7, 11) is 1.96. The van der Waals surface area contributed by atoms with Gasteiger partial charge >= 0.3 is 0 Å². The van der Waals surface area contributed by atoms with E-state index in [-0.39, 0.29) is 11.8 Å². The minimum absolute atomic E-state index is 0.123. The van der Waals surface area contributed by atoms with Gasteiger partial charge in [-0.25, -0.2) is 9.97 Å². The van der Waals surface area contributed by atoms with E-state index in [9.17, 15) is 9.90 Å². The molecule has 9 nitrogen and oxygen atoms in total. The van der Waals surface area contributed by atoms with Gasteiger partial charge in [-0.1, -0.05) is 0 Å². The van der Waals surface area contributed by atoms with Crippen molar-refractivity contribution in [2.45, 2.75) is 38.8 Å². The van der Waals surface area contributed by atoms with Crippen LogP contribution < -0.4 is 15.5 Å². The number of pyridine rings is 3. The fraction of sp³-hybridized carbons (Fsp3) is 0.357. The Labute approximate surface area is 215 Å². The van der Waals surface area contributed by atoms with Crippen LogP contribution in [0.2, 0.25) is 0 Å². The van der Waals surface area contributed by atoms with E-state index >= 15 is 0 Å². The molecule has 4 aromatic rings. The zero-order chi connectivity index (χ0) is 25.7. The highest BCUT2D eigenvalue weighted by Gasteiger charge is 2.32. The lowest BCUT2D eigenvalue weighted by molar-refractivity contribution is 0.0110. The van der Waals surface area contributed by atoms with Crippen LogP contribution >= 0.6 is 0 Å². The van der Waals surface area contributed by atoms with E-state index in [1.807, 2.05) is 62.1 Å². The molecule has 6 rings (SSSR count). The van der Waals surface area contributed by atoms with Gasteiger partial charge in [0.15, 0.2) is 0 Å². The number of carbonyl (C=O) groups excluding carboxylic acids is 1. The predicted octanol–water partition coefficient (Wildman–Crippen LogP) is 4.00. The third kappa shape index (κ3) is 4.19. The first-order valence-corrected chi connectivity index (χ1v) is 12.7. The minimum atomic E-state index is -0.698. The smallest absolute Gasteiger partial charge is 0.254 e. The van der Waals surface area contributed by atoms with Gasteiger partial charge in [0, 0.05) is 61.5 Å². The molecule has 0 bridgehead atoms. The summed E-state index contributed by atoms with van der Waals surface area (Å²) in [6, 6.07) is 7.93. The van der Waals surface area contributed by atoms with Crippen LogP contribution in [0.15, 0.2) is 49.1 Å². The van der Waals surface area contributed by atoms with E-state index in [1.54, 1.807) is 12.4 Å². The molecule has 0 saturated carbocycles. The number of nitrogens with one attached hydrogen (secondary N) is 2. The van der Waals surface area contributed by atoms with Crippen LogP contribution in [0.1, 0.15) is 42.6 Å². The predicted molar refractivity (Wildman–Crippen MR) is 144 cm³/mol. The Bertz CT molecular complexity index is 1490. The van der Waals surface area contributed by atoms with Gasteiger partial charge in [0.1, 0.15) is 11.5 Å². The summed E-state index contributed by atoms with van der Waals surface area (Å²) >= 11 is 0. The van der Waals surface area contributed by atoms with Crippen LogP contribution in [-0.2, 0) is 13.6 Å². The molecule has 2 aliphatic rings. The molecular formula is C28H31N7O2. The molecule has 37 heavy (non-hydrogen) atoms. The minimum Gasteiger partial charge on any atom is -0.390 e. The Balaban J connectivity index is 1.28. The molecule has 1 atom stereocenters. The van der Waals surface area contributed by atoms with E-state index in [0.29, 0.717) is 23.6 Å². The van der Waals surface area contributed by atoms with Crippen LogP contribution in [-0.4, -0.2) is 49.2 Å².